The molecule has 1 fully saturated rings. The van der Waals surface area contributed by atoms with E-state index in [-0.39, 0.29) is 5.41 Å². The van der Waals surface area contributed by atoms with Crippen molar-refractivity contribution in [2.24, 2.45) is 10.7 Å². The fraction of sp³-hybridized carbons (Fsp3) is 0.409. The molecule has 1 aliphatic rings. The quantitative estimate of drug-likeness (QED) is 0.556. The molecule has 1 heterocycles. The fourth-order valence-corrected chi connectivity index (χ4v) is 3.83. The maximum Gasteiger partial charge on any atom is 0.193 e. The second-order valence-electron chi connectivity index (χ2n) is 7.12. The van der Waals surface area contributed by atoms with E-state index in [1.807, 2.05) is 30.3 Å². The zero-order valence-electron chi connectivity index (χ0n) is 16.5. The maximum absolute atomic E-state index is 6.29. The molecule has 0 amide bonds. The van der Waals surface area contributed by atoms with Crippen LogP contribution in [0.5, 0.6) is 5.75 Å². The van der Waals surface area contributed by atoms with Crippen LogP contribution in [0.3, 0.4) is 0 Å². The Morgan fingerprint density at radius 1 is 1.25 bits per heavy atom. The van der Waals surface area contributed by atoms with Gasteiger partial charge in [0.05, 0.1) is 13.7 Å². The summed E-state index contributed by atoms with van der Waals surface area (Å²) < 4.78 is 11.2. The van der Waals surface area contributed by atoms with Crippen molar-refractivity contribution in [3.63, 3.8) is 0 Å². The highest BCUT2D eigenvalue weighted by Gasteiger charge is 2.37. The van der Waals surface area contributed by atoms with Crippen LogP contribution in [0.2, 0.25) is 5.02 Å². The first-order valence-electron chi connectivity index (χ1n) is 9.64. The molecule has 3 rings (SSSR count). The zero-order chi connectivity index (χ0) is 20.0. The van der Waals surface area contributed by atoms with E-state index >= 15 is 0 Å². The van der Waals surface area contributed by atoms with Crippen molar-refractivity contribution < 1.29 is 9.47 Å². The predicted octanol–water partition coefficient (Wildman–Crippen LogP) is 4.39. The van der Waals surface area contributed by atoms with Gasteiger partial charge in [0.1, 0.15) is 5.75 Å². The van der Waals surface area contributed by atoms with Crippen LogP contribution in [0.1, 0.15) is 30.9 Å². The molecule has 0 bridgehead atoms. The lowest BCUT2D eigenvalue weighted by molar-refractivity contribution is 0.0523. The molecule has 2 aromatic carbocycles. The highest BCUT2D eigenvalue weighted by atomic mass is 35.5. The summed E-state index contributed by atoms with van der Waals surface area (Å²) in [6.45, 7) is 4.03. The summed E-state index contributed by atoms with van der Waals surface area (Å²) >= 11 is 6.29. The standard InChI is InChI=1S/C22H28ClN3O2/c1-3-16-5-4-6-18(13-16)26-21(24)25-15-22(9-11-28-12-10-22)19-14-17(23)7-8-20(19)27-2/h4-8,13-14H,3,9-12,15H2,1-2H3,(H3,24,25,26). The number of methoxy groups -OCH3 is 1. The molecule has 0 spiro atoms. The van der Waals surface area contributed by atoms with Gasteiger partial charge in [-0.3, -0.25) is 4.99 Å². The highest BCUT2D eigenvalue weighted by Crippen LogP contribution is 2.41. The van der Waals surface area contributed by atoms with Gasteiger partial charge in [0.2, 0.25) is 0 Å². The molecule has 5 nitrogen and oxygen atoms in total. The number of benzene rings is 2. The number of ether oxygens (including phenoxy) is 2. The molecule has 0 radical (unpaired) electrons. The molecule has 1 saturated heterocycles. The zero-order valence-corrected chi connectivity index (χ0v) is 17.3. The first-order valence-corrected chi connectivity index (χ1v) is 10.0. The molecule has 3 N–H and O–H groups in total. The van der Waals surface area contributed by atoms with Crippen LogP contribution in [0, 0.1) is 0 Å². The molecule has 6 heteroatoms. The van der Waals surface area contributed by atoms with Crippen LogP contribution in [0.25, 0.3) is 0 Å². The summed E-state index contributed by atoms with van der Waals surface area (Å²) in [6, 6.07) is 13.9. The monoisotopic (exact) mass is 401 g/mol. The SMILES string of the molecule is CCc1cccc(NC(N)=NCC2(c3cc(Cl)ccc3OC)CCOCC2)c1. The Kier molecular flexibility index (Phi) is 6.81. The minimum Gasteiger partial charge on any atom is -0.496 e. The van der Waals surface area contributed by atoms with Crippen LogP contribution in [0.4, 0.5) is 5.69 Å². The smallest absolute Gasteiger partial charge is 0.193 e. The van der Waals surface area contributed by atoms with Crippen LogP contribution < -0.4 is 15.8 Å². The Bertz CT molecular complexity index is 832. The summed E-state index contributed by atoms with van der Waals surface area (Å²) in [7, 11) is 1.68. The van der Waals surface area contributed by atoms with E-state index in [4.69, 9.17) is 26.8 Å². The number of nitrogens with two attached hydrogens (primary N) is 1. The number of halogens is 1. The van der Waals surface area contributed by atoms with Gasteiger partial charge in [-0.15, -0.1) is 0 Å². The van der Waals surface area contributed by atoms with Crippen molar-refractivity contribution in [3.05, 3.63) is 58.6 Å². The number of hydrogen-bond acceptors (Lipinski definition) is 3. The molecule has 28 heavy (non-hydrogen) atoms. The van der Waals surface area contributed by atoms with Crippen molar-refractivity contribution in [2.45, 2.75) is 31.6 Å². The Labute approximate surface area is 171 Å². The molecule has 0 saturated carbocycles. The average molecular weight is 402 g/mol. The van der Waals surface area contributed by atoms with E-state index in [1.165, 1.54) is 5.56 Å². The van der Waals surface area contributed by atoms with Gasteiger partial charge in [-0.05, 0) is 55.2 Å². The number of nitrogens with one attached hydrogen (secondary N) is 1. The normalized spacial score (nSPS) is 16.6. The number of aryl methyl sites for hydroxylation is 1. The molecule has 0 aromatic heterocycles. The van der Waals surface area contributed by atoms with Gasteiger partial charge in [-0.2, -0.15) is 0 Å². The van der Waals surface area contributed by atoms with Crippen LogP contribution in [0.15, 0.2) is 47.5 Å². The highest BCUT2D eigenvalue weighted by molar-refractivity contribution is 6.30. The van der Waals surface area contributed by atoms with Gasteiger partial charge < -0.3 is 20.5 Å². The van der Waals surface area contributed by atoms with Crippen LogP contribution in [-0.4, -0.2) is 32.8 Å². The fourth-order valence-electron chi connectivity index (χ4n) is 3.66. The number of anilines is 1. The minimum absolute atomic E-state index is 0.216. The van der Waals surface area contributed by atoms with Crippen molar-refractivity contribution in [1.29, 1.82) is 0 Å². The number of guanidine groups is 1. The molecule has 0 atom stereocenters. The second kappa shape index (κ2) is 9.30. The summed E-state index contributed by atoms with van der Waals surface area (Å²) in [6.07, 6.45) is 2.65. The predicted molar refractivity (Wildman–Crippen MR) is 116 cm³/mol. The molecule has 150 valence electrons. The Morgan fingerprint density at radius 3 is 2.75 bits per heavy atom. The first kappa shape index (κ1) is 20.5. The van der Waals surface area contributed by atoms with E-state index < -0.39 is 0 Å². The average Bonchev–Trinajstić information content (AvgIpc) is 2.73. The summed E-state index contributed by atoms with van der Waals surface area (Å²) in [4.78, 5) is 4.68. The molecule has 0 aliphatic carbocycles. The van der Waals surface area contributed by atoms with E-state index in [0.717, 1.165) is 36.3 Å². The summed E-state index contributed by atoms with van der Waals surface area (Å²) in [5.74, 6) is 1.23. The summed E-state index contributed by atoms with van der Waals surface area (Å²) in [5, 5.41) is 3.89. The third kappa shape index (κ3) is 4.78. The maximum atomic E-state index is 6.29. The number of nitrogens with zero attached hydrogens (tertiary/aromatic N) is 1. The van der Waals surface area contributed by atoms with E-state index in [9.17, 15) is 0 Å². The molecular formula is C22H28ClN3O2. The molecule has 0 unspecified atom stereocenters. The second-order valence-corrected chi connectivity index (χ2v) is 7.55. The lowest BCUT2D eigenvalue weighted by atomic mass is 9.73. The van der Waals surface area contributed by atoms with Crippen molar-refractivity contribution in [2.75, 3.05) is 32.2 Å². The number of rotatable bonds is 6. The van der Waals surface area contributed by atoms with Gasteiger partial charge in [0.25, 0.3) is 0 Å². The molecule has 1 aliphatic heterocycles. The van der Waals surface area contributed by atoms with Gasteiger partial charge in [-0.25, -0.2) is 0 Å². The van der Waals surface area contributed by atoms with Crippen molar-refractivity contribution in [1.82, 2.24) is 0 Å². The Balaban J connectivity index is 1.84. The first-order chi connectivity index (χ1) is 13.6. The minimum atomic E-state index is -0.216. The molecule has 2 aromatic rings. The van der Waals surface area contributed by atoms with Gasteiger partial charge in [-0.1, -0.05) is 30.7 Å². The topological polar surface area (TPSA) is 68.9 Å². The Hall–Kier alpha value is -2.24. The largest absolute Gasteiger partial charge is 0.496 e. The molecular weight excluding hydrogens is 374 g/mol. The van der Waals surface area contributed by atoms with E-state index in [1.54, 1.807) is 7.11 Å². The van der Waals surface area contributed by atoms with Crippen LogP contribution in [-0.2, 0) is 16.6 Å². The van der Waals surface area contributed by atoms with Crippen LogP contribution >= 0.6 is 11.6 Å². The van der Waals surface area contributed by atoms with E-state index in [2.05, 4.69) is 29.4 Å². The van der Waals surface area contributed by atoms with Crippen molar-refractivity contribution in [3.8, 4) is 5.75 Å². The number of hydrogen-bond donors (Lipinski definition) is 2. The Morgan fingerprint density at radius 2 is 2.04 bits per heavy atom. The van der Waals surface area contributed by atoms with Crippen molar-refractivity contribution >= 4 is 23.2 Å². The lowest BCUT2D eigenvalue weighted by Gasteiger charge is -2.37. The lowest BCUT2D eigenvalue weighted by Crippen LogP contribution is -2.38. The third-order valence-corrected chi connectivity index (χ3v) is 5.58. The van der Waals surface area contributed by atoms with Gasteiger partial charge in [0, 0.05) is 34.9 Å². The third-order valence-electron chi connectivity index (χ3n) is 5.34. The number of aliphatic imine (C=N–C) groups is 1. The summed E-state index contributed by atoms with van der Waals surface area (Å²) in [5.41, 5.74) is 9.25. The van der Waals surface area contributed by atoms with Gasteiger partial charge >= 0.3 is 0 Å². The van der Waals surface area contributed by atoms with E-state index in [0.29, 0.717) is 30.7 Å². The van der Waals surface area contributed by atoms with Gasteiger partial charge in [0.15, 0.2) is 5.96 Å².